The molecule has 16 aliphatic carbocycles. The van der Waals surface area contributed by atoms with Crippen LogP contribution in [-0.4, -0.2) is 39.7 Å². The number of hydrogen-bond donors (Lipinski definition) is 2. The molecular formula is C40H66CdN4O4S-2. The molecule has 0 aromatic rings. The molecule has 0 unspecified atom stereocenters. The molecule has 0 amide bonds. The molecule has 0 saturated heterocycles. The first kappa shape index (κ1) is 38.9. The Balaban J connectivity index is 0.0000000996. The van der Waals surface area contributed by atoms with E-state index >= 15 is 0 Å². The van der Waals surface area contributed by atoms with Crippen LogP contribution in [0.15, 0.2) is 0 Å². The van der Waals surface area contributed by atoms with Crippen molar-refractivity contribution in [3.63, 3.8) is 0 Å². The summed E-state index contributed by atoms with van der Waals surface area (Å²) in [5.41, 5.74) is 33.0. The first-order valence-electron chi connectivity index (χ1n) is 20.6. The molecule has 0 heterocycles. The average Bonchev–Trinajstić information content (AvgIpc) is 2.88. The summed E-state index contributed by atoms with van der Waals surface area (Å²) < 4.78 is 31.6. The van der Waals surface area contributed by atoms with Crippen molar-refractivity contribution >= 4 is 10.4 Å². The predicted molar refractivity (Wildman–Crippen MR) is 195 cm³/mol. The molecule has 16 bridgehead atoms. The molecule has 50 heavy (non-hydrogen) atoms. The second kappa shape index (κ2) is 14.3. The zero-order chi connectivity index (χ0) is 34.4. The van der Waals surface area contributed by atoms with Gasteiger partial charge in [0.2, 0.25) is 0 Å². The van der Waals surface area contributed by atoms with Crippen LogP contribution < -0.4 is 0 Å². The van der Waals surface area contributed by atoms with E-state index in [1.807, 2.05) is 0 Å². The van der Waals surface area contributed by atoms with E-state index in [-0.39, 0.29) is 49.5 Å². The SMILES string of the molecule is O=S(=O)(O)O.[Cd+2].[NH-]C12CC3CC(CC(C3)C1)C2.[NH-]C12CC3CC(CC(C3)C1)C2.[NH-]C12CC3CC(CC(C3)C1)C2.[NH-]C12CC3CC(CC(C3)C1)C2. The van der Waals surface area contributed by atoms with Crippen LogP contribution in [0.5, 0.6) is 0 Å². The fourth-order valence-electron chi connectivity index (χ4n) is 16.4. The van der Waals surface area contributed by atoms with E-state index in [9.17, 15) is 0 Å². The van der Waals surface area contributed by atoms with Gasteiger partial charge in [0.15, 0.2) is 0 Å². The summed E-state index contributed by atoms with van der Waals surface area (Å²) >= 11 is 0. The maximum Gasteiger partial charge on any atom is 2.00 e. The van der Waals surface area contributed by atoms with Crippen molar-refractivity contribution in [2.24, 2.45) is 71.0 Å². The van der Waals surface area contributed by atoms with Crippen molar-refractivity contribution in [1.82, 2.24) is 0 Å². The van der Waals surface area contributed by atoms with Crippen molar-refractivity contribution in [2.75, 3.05) is 0 Å². The third-order valence-corrected chi connectivity index (χ3v) is 16.2. The van der Waals surface area contributed by atoms with Gasteiger partial charge in [-0.15, -0.1) is 22.2 Å². The summed E-state index contributed by atoms with van der Waals surface area (Å²) in [5.74, 6) is 11.5. The molecular weight excluding hydrogens is 745 g/mol. The van der Waals surface area contributed by atoms with E-state index in [1.165, 1.54) is 154 Å². The third kappa shape index (κ3) is 9.35. The van der Waals surface area contributed by atoms with Crippen molar-refractivity contribution in [1.29, 1.82) is 0 Å². The van der Waals surface area contributed by atoms with E-state index < -0.39 is 10.4 Å². The topological polar surface area (TPSA) is 170 Å². The van der Waals surface area contributed by atoms with Gasteiger partial charge in [0.1, 0.15) is 0 Å². The number of hydrogen-bond acceptors (Lipinski definition) is 2. The molecule has 16 saturated carbocycles. The van der Waals surface area contributed by atoms with Crippen LogP contribution in [0.2, 0.25) is 0 Å². The molecule has 6 N–H and O–H groups in total. The van der Waals surface area contributed by atoms with Gasteiger partial charge in [-0.05, 0) is 148 Å². The standard InChI is InChI=1S/4C10H16N.Cd.H2O4S/c4*11-10-4-7-1-8(5-10)3-9(2-7)6-10;;1-5(2,3)4/h4*7-9,11H,1-6H2;;(H2,1,2,3,4)/q4*-1;+2;. The van der Waals surface area contributed by atoms with Gasteiger partial charge in [-0.2, -0.15) is 8.42 Å². The summed E-state index contributed by atoms with van der Waals surface area (Å²) in [4.78, 5) is 0. The monoisotopic (exact) mass is 812 g/mol. The summed E-state index contributed by atoms with van der Waals surface area (Å²) in [7, 11) is -4.67. The molecule has 0 radical (unpaired) electrons. The Morgan fingerprint density at radius 3 is 0.460 bits per heavy atom. The first-order valence-corrected chi connectivity index (χ1v) is 22.0. The quantitative estimate of drug-likeness (QED) is 0.183. The van der Waals surface area contributed by atoms with Crippen LogP contribution in [0.1, 0.15) is 154 Å². The van der Waals surface area contributed by atoms with E-state index in [4.69, 9.17) is 40.5 Å². The van der Waals surface area contributed by atoms with Crippen molar-refractivity contribution in [3.05, 3.63) is 22.9 Å². The van der Waals surface area contributed by atoms with Crippen molar-refractivity contribution in [3.8, 4) is 0 Å². The Morgan fingerprint density at radius 1 is 0.320 bits per heavy atom. The minimum absolute atomic E-state index is 0. The maximum absolute atomic E-state index is 8.74. The Bertz CT molecular complexity index is 1010. The van der Waals surface area contributed by atoms with Crippen LogP contribution in [0.25, 0.3) is 22.9 Å². The van der Waals surface area contributed by atoms with E-state index in [1.54, 1.807) is 0 Å². The second-order valence-corrected chi connectivity index (χ2v) is 22.1. The molecule has 0 aliphatic heterocycles. The van der Waals surface area contributed by atoms with E-state index in [2.05, 4.69) is 0 Å². The number of nitrogens with one attached hydrogen (secondary N) is 4. The Labute approximate surface area is 323 Å². The predicted octanol–water partition coefficient (Wildman–Crippen LogP) is 11.4. The molecule has 16 fully saturated rings. The molecule has 10 heteroatoms. The largest absolute Gasteiger partial charge is 2.00 e. The molecule has 16 rings (SSSR count). The van der Waals surface area contributed by atoms with Crippen LogP contribution in [0, 0.1) is 71.0 Å². The van der Waals surface area contributed by atoms with Gasteiger partial charge in [0, 0.05) is 0 Å². The van der Waals surface area contributed by atoms with Crippen LogP contribution in [0.3, 0.4) is 0 Å². The zero-order valence-electron chi connectivity index (χ0n) is 30.7. The average molecular weight is 811 g/mol. The second-order valence-electron chi connectivity index (χ2n) is 21.2. The van der Waals surface area contributed by atoms with Gasteiger partial charge >= 0.3 is 37.7 Å². The van der Waals surface area contributed by atoms with E-state index in [0.29, 0.717) is 0 Å². The maximum atomic E-state index is 8.74. The van der Waals surface area contributed by atoms with Gasteiger partial charge < -0.3 is 22.9 Å². The third-order valence-electron chi connectivity index (χ3n) is 16.2. The smallest absolute Gasteiger partial charge is 0.672 e. The van der Waals surface area contributed by atoms with Gasteiger partial charge in [-0.1, -0.05) is 77.0 Å². The van der Waals surface area contributed by atoms with Crippen LogP contribution in [-0.2, 0) is 37.7 Å². The van der Waals surface area contributed by atoms with Crippen molar-refractivity contribution < 1.29 is 44.8 Å². The summed E-state index contributed by atoms with van der Waals surface area (Å²) in [6.45, 7) is 0. The fraction of sp³-hybridized carbons (Fsp3) is 1.00. The molecule has 16 aliphatic rings. The molecule has 0 aromatic heterocycles. The summed E-state index contributed by atoms with van der Waals surface area (Å²) in [5, 5.41) is 0. The minimum atomic E-state index is -4.67. The molecule has 0 atom stereocenters. The minimum Gasteiger partial charge on any atom is -0.672 e. The Hall–Kier alpha value is 0.632. The van der Waals surface area contributed by atoms with Crippen LogP contribution in [0.4, 0.5) is 0 Å². The van der Waals surface area contributed by atoms with Crippen LogP contribution >= 0.6 is 0 Å². The fourth-order valence-corrected chi connectivity index (χ4v) is 16.4. The van der Waals surface area contributed by atoms with E-state index in [0.717, 1.165) is 71.0 Å². The zero-order valence-corrected chi connectivity index (χ0v) is 35.6. The van der Waals surface area contributed by atoms with Crippen molar-refractivity contribution in [2.45, 2.75) is 176 Å². The van der Waals surface area contributed by atoms with Gasteiger partial charge in [-0.3, -0.25) is 9.11 Å². The molecule has 0 aromatic carbocycles. The number of rotatable bonds is 0. The first-order chi connectivity index (χ1) is 22.9. The Morgan fingerprint density at radius 2 is 0.400 bits per heavy atom. The molecule has 280 valence electrons. The molecule has 0 spiro atoms. The van der Waals surface area contributed by atoms with Gasteiger partial charge in [-0.25, -0.2) is 0 Å². The Kier molecular flexibility index (Phi) is 11.1. The summed E-state index contributed by atoms with van der Waals surface area (Å²) in [6, 6.07) is 0. The molecule has 8 nitrogen and oxygen atoms in total. The van der Waals surface area contributed by atoms with Gasteiger partial charge in [0.25, 0.3) is 0 Å². The normalized spacial score (nSPS) is 54.2. The summed E-state index contributed by atoms with van der Waals surface area (Å²) in [6.07, 6.45) is 32.5. The van der Waals surface area contributed by atoms with Gasteiger partial charge in [0.05, 0.1) is 0 Å².